The largest absolute Gasteiger partial charge is 0.496 e. The van der Waals surface area contributed by atoms with Crippen LogP contribution in [0.1, 0.15) is 46.6 Å². The molecule has 6 atom stereocenters. The van der Waals surface area contributed by atoms with Gasteiger partial charge in [-0.1, -0.05) is 38.1 Å². The molecule has 1 saturated heterocycles. The van der Waals surface area contributed by atoms with Gasteiger partial charge >= 0.3 is 18.0 Å². The van der Waals surface area contributed by atoms with Gasteiger partial charge in [-0.05, 0) is 12.5 Å². The van der Waals surface area contributed by atoms with Crippen molar-refractivity contribution in [2.45, 2.75) is 78.8 Å². The second kappa shape index (κ2) is 16.9. The van der Waals surface area contributed by atoms with Crippen LogP contribution in [0, 0.1) is 11.8 Å². The number of benzene rings is 1. The molecule has 1 amide bonds. The molecule has 1 fully saturated rings. The highest BCUT2D eigenvalue weighted by Gasteiger charge is 2.44. The number of rotatable bonds is 15. The van der Waals surface area contributed by atoms with Crippen LogP contribution in [0.15, 0.2) is 24.4 Å². The molecular formula is C30H44N4O10. The van der Waals surface area contributed by atoms with Gasteiger partial charge in [0.1, 0.15) is 36.4 Å². The van der Waals surface area contributed by atoms with E-state index in [1.54, 1.807) is 23.0 Å². The van der Waals surface area contributed by atoms with E-state index in [-0.39, 0.29) is 38.2 Å². The van der Waals surface area contributed by atoms with Gasteiger partial charge in [-0.25, -0.2) is 9.48 Å². The Morgan fingerprint density at radius 1 is 1.09 bits per heavy atom. The summed E-state index contributed by atoms with van der Waals surface area (Å²) in [6, 6.07) is 5.44. The second-order valence-electron chi connectivity index (χ2n) is 10.7. The zero-order chi connectivity index (χ0) is 32.2. The summed E-state index contributed by atoms with van der Waals surface area (Å²) in [7, 11) is 3.05. The van der Waals surface area contributed by atoms with Crippen LogP contribution in [0.4, 0.5) is 4.79 Å². The van der Waals surface area contributed by atoms with Gasteiger partial charge < -0.3 is 38.5 Å². The second-order valence-corrected chi connectivity index (χ2v) is 10.7. The van der Waals surface area contributed by atoms with Gasteiger partial charge in [0.2, 0.25) is 0 Å². The van der Waals surface area contributed by atoms with Crippen molar-refractivity contribution < 1.29 is 47.5 Å². The van der Waals surface area contributed by atoms with E-state index in [9.17, 15) is 14.4 Å². The molecule has 0 aliphatic carbocycles. The van der Waals surface area contributed by atoms with Crippen LogP contribution in [0.5, 0.6) is 5.75 Å². The molecule has 14 heteroatoms. The third-order valence-electron chi connectivity index (χ3n) is 7.25. The van der Waals surface area contributed by atoms with Crippen molar-refractivity contribution in [3.05, 3.63) is 30.0 Å². The normalized spacial score (nSPS) is 22.1. The van der Waals surface area contributed by atoms with Crippen molar-refractivity contribution in [1.29, 1.82) is 0 Å². The smallest absolute Gasteiger partial charge is 0.407 e. The van der Waals surface area contributed by atoms with Crippen molar-refractivity contribution in [3.8, 4) is 17.0 Å². The molecule has 3 rings (SSSR count). The molecule has 1 aliphatic heterocycles. The number of hydrogen-bond acceptors (Lipinski definition) is 12. The summed E-state index contributed by atoms with van der Waals surface area (Å²) < 4.78 is 40.9. The van der Waals surface area contributed by atoms with Crippen molar-refractivity contribution in [3.63, 3.8) is 0 Å². The lowest BCUT2D eigenvalue weighted by atomic mass is 9.84. The fourth-order valence-corrected chi connectivity index (χ4v) is 4.86. The molecule has 0 bridgehead atoms. The third kappa shape index (κ3) is 9.89. The Bertz CT molecular complexity index is 1240. The Hall–Kier alpha value is -3.75. The summed E-state index contributed by atoms with van der Waals surface area (Å²) >= 11 is 0. The average molecular weight is 621 g/mol. The fourth-order valence-electron chi connectivity index (χ4n) is 4.86. The number of amides is 1. The Balaban J connectivity index is 1.73. The number of alkyl carbamates (subject to hydrolysis) is 1. The van der Waals surface area contributed by atoms with Crippen LogP contribution in [0.2, 0.25) is 0 Å². The molecule has 1 N–H and O–H groups in total. The van der Waals surface area contributed by atoms with E-state index >= 15 is 0 Å². The van der Waals surface area contributed by atoms with Crippen molar-refractivity contribution >= 4 is 18.0 Å². The van der Waals surface area contributed by atoms with E-state index in [0.29, 0.717) is 23.6 Å². The Morgan fingerprint density at radius 2 is 1.86 bits per heavy atom. The number of esters is 2. The average Bonchev–Trinajstić information content (AvgIpc) is 3.46. The fraction of sp³-hybridized carbons (Fsp3) is 0.633. The van der Waals surface area contributed by atoms with Gasteiger partial charge in [0.15, 0.2) is 6.29 Å². The lowest BCUT2D eigenvalue weighted by molar-refractivity contribution is -0.275. The molecule has 1 aromatic carbocycles. The number of hydrogen-bond donors (Lipinski definition) is 1. The lowest BCUT2D eigenvalue weighted by Gasteiger charge is -2.43. The number of nitrogens with one attached hydrogen (secondary N) is 1. The van der Waals surface area contributed by atoms with E-state index in [2.05, 4.69) is 15.6 Å². The summed E-state index contributed by atoms with van der Waals surface area (Å²) in [5, 5.41) is 11.3. The number of ether oxygens (including phenoxy) is 7. The van der Waals surface area contributed by atoms with Crippen LogP contribution in [0.3, 0.4) is 0 Å². The van der Waals surface area contributed by atoms with E-state index in [1.165, 1.54) is 28.1 Å². The molecule has 3 unspecified atom stereocenters. The first-order valence-electron chi connectivity index (χ1n) is 14.6. The zero-order valence-electron chi connectivity index (χ0n) is 26.4. The highest BCUT2D eigenvalue weighted by Crippen LogP contribution is 2.34. The Labute approximate surface area is 257 Å². The molecule has 0 radical (unpaired) electrons. The van der Waals surface area contributed by atoms with E-state index in [0.717, 1.165) is 12.0 Å². The van der Waals surface area contributed by atoms with E-state index < -0.39 is 42.6 Å². The number of methoxy groups -OCH3 is 2. The maximum atomic E-state index is 12.0. The molecule has 14 nitrogen and oxygen atoms in total. The van der Waals surface area contributed by atoms with Crippen molar-refractivity contribution in [2.75, 3.05) is 34.0 Å². The van der Waals surface area contributed by atoms with Crippen molar-refractivity contribution in [2.24, 2.45) is 11.8 Å². The molecule has 2 heterocycles. The van der Waals surface area contributed by atoms with Gasteiger partial charge in [0.25, 0.3) is 0 Å². The number of aromatic nitrogens is 3. The van der Waals surface area contributed by atoms with Crippen LogP contribution < -0.4 is 10.1 Å². The molecule has 1 aliphatic rings. The minimum atomic E-state index is -0.664. The first kappa shape index (κ1) is 34.7. The topological polar surface area (TPSA) is 159 Å². The molecular weight excluding hydrogens is 576 g/mol. The summed E-state index contributed by atoms with van der Waals surface area (Å²) in [5.74, 6) is -0.588. The van der Waals surface area contributed by atoms with Gasteiger partial charge in [-0.3, -0.25) is 9.59 Å². The molecule has 44 heavy (non-hydrogen) atoms. The highest BCUT2D eigenvalue weighted by molar-refractivity contribution is 5.67. The molecule has 1 aromatic heterocycles. The van der Waals surface area contributed by atoms with Gasteiger partial charge in [0, 0.05) is 50.5 Å². The molecule has 0 spiro atoms. The first-order valence-corrected chi connectivity index (χ1v) is 14.6. The van der Waals surface area contributed by atoms with Gasteiger partial charge in [-0.2, -0.15) is 0 Å². The van der Waals surface area contributed by atoms with Crippen LogP contribution in [-0.4, -0.2) is 91.6 Å². The molecule has 2 aromatic rings. The maximum absolute atomic E-state index is 12.0. The van der Waals surface area contributed by atoms with E-state index in [4.69, 9.17) is 33.2 Å². The zero-order valence-corrected chi connectivity index (χ0v) is 26.4. The minimum absolute atomic E-state index is 0.0508. The van der Waals surface area contributed by atoms with Gasteiger partial charge in [0.05, 0.1) is 33.1 Å². The van der Waals surface area contributed by atoms with Gasteiger partial charge in [-0.15, -0.1) is 5.10 Å². The third-order valence-corrected chi connectivity index (χ3v) is 7.25. The first-order chi connectivity index (χ1) is 21.1. The highest BCUT2D eigenvalue weighted by atomic mass is 16.7. The minimum Gasteiger partial charge on any atom is -0.496 e. The number of nitrogens with zero attached hydrogens (tertiary/aromatic N) is 3. The summed E-state index contributed by atoms with van der Waals surface area (Å²) in [6.45, 7) is 9.62. The standard InChI is InChI=1S/C30H44N4O10/c1-8-11-31-30(37)41-15-23-10-9-22(12-26(23)39-7)25-13-34(33-32-25)14-27-28(43-21(5)36)18(2)19(3)29(44-27)40-17-24(16-38-6)42-20(4)35/h9-10,12-13,18-19,24,27-29H,8,11,14-17H2,1-7H3,(H,31,37)/t18-,19?,24?,27?,28-,29+/m1/s1. The summed E-state index contributed by atoms with van der Waals surface area (Å²) in [6.07, 6.45) is -0.356. The molecule has 244 valence electrons. The quantitative estimate of drug-likeness (QED) is 0.229. The van der Waals surface area contributed by atoms with Crippen LogP contribution in [-0.2, 0) is 51.2 Å². The number of carbonyl (C=O) groups excluding carboxylic acids is 3. The van der Waals surface area contributed by atoms with Crippen LogP contribution >= 0.6 is 0 Å². The Morgan fingerprint density at radius 3 is 2.52 bits per heavy atom. The Kier molecular flexibility index (Phi) is 13.4. The van der Waals surface area contributed by atoms with Crippen LogP contribution in [0.25, 0.3) is 11.3 Å². The van der Waals surface area contributed by atoms with E-state index in [1.807, 2.05) is 26.8 Å². The maximum Gasteiger partial charge on any atom is 0.407 e. The molecule has 0 saturated carbocycles. The predicted octanol–water partition coefficient (Wildman–Crippen LogP) is 3.11. The predicted molar refractivity (Wildman–Crippen MR) is 156 cm³/mol. The SMILES string of the molecule is CCCNC(=O)OCc1ccc(-c2cn(CC3O[C@H](OCC(COC)OC(C)=O)C(C)[C@@H](C)[C@H]3OC(C)=O)nn2)cc1OC. The number of carbonyl (C=O) groups is 3. The summed E-state index contributed by atoms with van der Waals surface area (Å²) in [4.78, 5) is 35.3. The van der Waals surface area contributed by atoms with Crippen molar-refractivity contribution in [1.82, 2.24) is 20.3 Å². The lowest BCUT2D eigenvalue weighted by Crippen LogP contribution is -2.53. The monoisotopic (exact) mass is 620 g/mol. The summed E-state index contributed by atoms with van der Waals surface area (Å²) in [5.41, 5.74) is 2.02.